The molecule has 0 unspecified atom stereocenters. The van der Waals surface area contributed by atoms with Crippen LogP contribution in [0.5, 0.6) is 0 Å². The van der Waals surface area contributed by atoms with Gasteiger partial charge >= 0.3 is 0 Å². The molecule has 2 aromatic rings. The van der Waals surface area contributed by atoms with E-state index in [1.807, 2.05) is 18.2 Å². The maximum Gasteiger partial charge on any atom is 0.269 e. The van der Waals surface area contributed by atoms with E-state index in [-0.39, 0.29) is 11.9 Å². The Morgan fingerprint density at radius 1 is 1.18 bits per heavy atom. The highest BCUT2D eigenvalue weighted by Crippen LogP contribution is 2.32. The fourth-order valence-electron chi connectivity index (χ4n) is 2.98. The van der Waals surface area contributed by atoms with Crippen LogP contribution in [0.4, 0.5) is 4.39 Å². The molecular weight excluding hydrogens is 426 g/mol. The van der Waals surface area contributed by atoms with Gasteiger partial charge in [0.1, 0.15) is 5.82 Å². The molecule has 8 heteroatoms. The summed E-state index contributed by atoms with van der Waals surface area (Å²) in [5.74, 6) is -1.16. The summed E-state index contributed by atoms with van der Waals surface area (Å²) < 4.78 is 16.8. The number of hydrogen-bond donors (Lipinski definition) is 1. The van der Waals surface area contributed by atoms with Crippen LogP contribution in [0.2, 0.25) is 0 Å². The Bertz CT molecular complexity index is 754. The molecular formula is C20H22Cl3FN2O2. The van der Waals surface area contributed by atoms with Crippen LogP contribution in [-0.4, -0.2) is 34.4 Å². The summed E-state index contributed by atoms with van der Waals surface area (Å²) >= 11 is 14.8. The van der Waals surface area contributed by atoms with Crippen molar-refractivity contribution in [1.29, 1.82) is 0 Å². The number of nitrogens with two attached hydrogens (primary N) is 1. The predicted octanol–water partition coefficient (Wildman–Crippen LogP) is 4.80. The molecule has 2 aromatic carbocycles. The summed E-state index contributed by atoms with van der Waals surface area (Å²) in [6.45, 7) is 4.51. The average Bonchev–Trinajstić information content (AvgIpc) is 2.68. The van der Waals surface area contributed by atoms with Crippen LogP contribution in [0.1, 0.15) is 30.1 Å². The molecule has 2 atom stereocenters. The van der Waals surface area contributed by atoms with E-state index in [0.717, 1.165) is 18.7 Å². The Labute approximate surface area is 179 Å². The van der Waals surface area contributed by atoms with Crippen LogP contribution < -0.4 is 5.73 Å². The fraction of sp³-hybridized carbons (Fsp3) is 0.350. The fourth-order valence-corrected chi connectivity index (χ4v) is 2.98. The Balaban J connectivity index is 0.000000345. The number of rotatable bonds is 3. The average molecular weight is 448 g/mol. The maximum absolute atomic E-state index is 13.1. The van der Waals surface area contributed by atoms with Crippen molar-refractivity contribution in [3.63, 3.8) is 0 Å². The number of halogens is 4. The second-order valence-electron chi connectivity index (χ2n) is 6.33. The topological polar surface area (TPSA) is 55.6 Å². The summed E-state index contributed by atoms with van der Waals surface area (Å²) in [6, 6.07) is 17.7. The van der Waals surface area contributed by atoms with E-state index in [9.17, 15) is 9.18 Å². The number of carbonyl (C=O) groups is 1. The number of nitrogens with zero attached hydrogens (tertiary/aromatic N) is 1. The van der Waals surface area contributed by atoms with Gasteiger partial charge in [0.05, 0.1) is 19.3 Å². The Morgan fingerprint density at radius 2 is 1.75 bits per heavy atom. The predicted molar refractivity (Wildman–Crippen MR) is 111 cm³/mol. The molecule has 152 valence electrons. The van der Waals surface area contributed by atoms with Gasteiger partial charge in [-0.15, -0.1) is 0 Å². The maximum atomic E-state index is 13.1. The molecule has 1 aliphatic heterocycles. The van der Waals surface area contributed by atoms with Gasteiger partial charge in [-0.05, 0) is 30.2 Å². The van der Waals surface area contributed by atoms with Crippen molar-refractivity contribution in [2.45, 2.75) is 22.8 Å². The van der Waals surface area contributed by atoms with Gasteiger partial charge in [0, 0.05) is 12.6 Å². The molecule has 0 spiro atoms. The van der Waals surface area contributed by atoms with E-state index in [1.54, 1.807) is 0 Å². The third kappa shape index (κ3) is 6.61. The summed E-state index contributed by atoms with van der Waals surface area (Å²) in [5, 5.41) is 0. The molecule has 1 heterocycles. The van der Waals surface area contributed by atoms with E-state index >= 15 is 0 Å². The minimum absolute atomic E-state index is 0.176. The summed E-state index contributed by atoms with van der Waals surface area (Å²) in [7, 11) is 0. The number of amides is 1. The quantitative estimate of drug-likeness (QED) is 0.688. The van der Waals surface area contributed by atoms with Crippen LogP contribution in [0, 0.1) is 5.82 Å². The van der Waals surface area contributed by atoms with Crippen molar-refractivity contribution in [3.8, 4) is 0 Å². The van der Waals surface area contributed by atoms with Crippen LogP contribution >= 0.6 is 34.8 Å². The second-order valence-corrected chi connectivity index (χ2v) is 8.61. The van der Waals surface area contributed by atoms with Gasteiger partial charge in [-0.2, -0.15) is 0 Å². The molecule has 0 saturated carbocycles. The van der Waals surface area contributed by atoms with Gasteiger partial charge in [-0.1, -0.05) is 77.3 Å². The van der Waals surface area contributed by atoms with Crippen LogP contribution in [0.25, 0.3) is 0 Å². The monoisotopic (exact) mass is 446 g/mol. The molecule has 2 N–H and O–H groups in total. The first-order valence-corrected chi connectivity index (χ1v) is 9.84. The van der Waals surface area contributed by atoms with Gasteiger partial charge in [0.25, 0.3) is 9.70 Å². The smallest absolute Gasteiger partial charge is 0.269 e. The lowest BCUT2D eigenvalue weighted by atomic mass is 9.99. The number of ether oxygens (including phenoxy) is 1. The standard InChI is InChI=1S/C18H20FNO.C2H2Cl3NO/c1-14(15-5-3-2-4-6-15)20-11-12-21-13-18(20)16-7-9-17(19)10-8-16;3-2(4,5)1(6)7/h2-10,14,18H,11-13H2,1H3;(H2,6,7)/t14-,18+;/m1./s1. The number of hydrogen-bond acceptors (Lipinski definition) is 3. The lowest BCUT2D eigenvalue weighted by Gasteiger charge is -2.40. The summed E-state index contributed by atoms with van der Waals surface area (Å²) in [5.41, 5.74) is 6.94. The molecule has 0 radical (unpaired) electrons. The molecule has 28 heavy (non-hydrogen) atoms. The van der Waals surface area contributed by atoms with Crippen LogP contribution in [0.15, 0.2) is 54.6 Å². The molecule has 0 bridgehead atoms. The molecule has 3 rings (SSSR count). The van der Waals surface area contributed by atoms with E-state index in [2.05, 4.69) is 41.8 Å². The van der Waals surface area contributed by atoms with Crippen molar-refractivity contribution in [1.82, 2.24) is 4.90 Å². The number of primary amides is 1. The zero-order valence-corrected chi connectivity index (χ0v) is 17.6. The number of carbonyl (C=O) groups excluding carboxylic acids is 1. The van der Waals surface area contributed by atoms with Gasteiger partial charge in [-0.25, -0.2) is 4.39 Å². The van der Waals surface area contributed by atoms with Crippen molar-refractivity contribution < 1.29 is 13.9 Å². The Morgan fingerprint density at radius 3 is 2.29 bits per heavy atom. The second kappa shape index (κ2) is 10.4. The largest absolute Gasteiger partial charge is 0.378 e. The van der Waals surface area contributed by atoms with Gasteiger partial charge in [-0.3, -0.25) is 9.69 Å². The number of morpholine rings is 1. The molecule has 0 aliphatic carbocycles. The van der Waals surface area contributed by atoms with E-state index in [1.165, 1.54) is 17.7 Å². The van der Waals surface area contributed by atoms with Crippen LogP contribution in [-0.2, 0) is 9.53 Å². The third-order valence-corrected chi connectivity index (χ3v) is 5.04. The molecule has 4 nitrogen and oxygen atoms in total. The van der Waals surface area contributed by atoms with E-state index in [4.69, 9.17) is 39.5 Å². The molecule has 1 fully saturated rings. The minimum atomic E-state index is -1.94. The highest BCUT2D eigenvalue weighted by molar-refractivity contribution is 6.76. The zero-order valence-electron chi connectivity index (χ0n) is 15.3. The first-order chi connectivity index (χ1) is 13.2. The minimum Gasteiger partial charge on any atom is -0.378 e. The molecule has 1 amide bonds. The SMILES string of the molecule is C[C@H](c1ccccc1)N1CCOC[C@H]1c1ccc(F)cc1.NC(=O)C(Cl)(Cl)Cl. The van der Waals surface area contributed by atoms with Crippen molar-refractivity contribution in [2.24, 2.45) is 5.73 Å². The lowest BCUT2D eigenvalue weighted by molar-refractivity contribution is -0.117. The number of alkyl halides is 3. The van der Waals surface area contributed by atoms with Crippen molar-refractivity contribution >= 4 is 40.7 Å². The van der Waals surface area contributed by atoms with Crippen LogP contribution in [0.3, 0.4) is 0 Å². The Kier molecular flexibility index (Phi) is 8.53. The zero-order chi connectivity index (χ0) is 20.7. The molecule has 1 aliphatic rings. The Hall–Kier alpha value is -1.37. The van der Waals surface area contributed by atoms with Gasteiger partial charge in [0.15, 0.2) is 0 Å². The first-order valence-electron chi connectivity index (χ1n) is 8.70. The first kappa shape index (κ1) is 22.9. The molecule has 0 aromatic heterocycles. The van der Waals surface area contributed by atoms with E-state index < -0.39 is 9.70 Å². The van der Waals surface area contributed by atoms with Gasteiger partial charge < -0.3 is 10.5 Å². The highest BCUT2D eigenvalue weighted by Gasteiger charge is 2.29. The third-order valence-electron chi connectivity index (χ3n) is 4.48. The molecule has 1 saturated heterocycles. The normalized spacial score (nSPS) is 18.7. The van der Waals surface area contributed by atoms with Crippen molar-refractivity contribution in [2.75, 3.05) is 19.8 Å². The van der Waals surface area contributed by atoms with Crippen molar-refractivity contribution in [3.05, 3.63) is 71.5 Å². The van der Waals surface area contributed by atoms with Gasteiger partial charge in [0.2, 0.25) is 0 Å². The highest BCUT2D eigenvalue weighted by atomic mass is 35.6. The summed E-state index contributed by atoms with van der Waals surface area (Å²) in [4.78, 5) is 12.3. The number of benzene rings is 2. The van der Waals surface area contributed by atoms with E-state index in [0.29, 0.717) is 12.6 Å². The summed E-state index contributed by atoms with van der Waals surface area (Å²) in [6.07, 6.45) is 0. The lowest BCUT2D eigenvalue weighted by Crippen LogP contribution is -2.41.